The molecule has 1 fully saturated rings. The molecule has 1 rings (SSSR count). The maximum Gasteiger partial charge on any atom is 0.0829 e. The number of ether oxygens (including phenoxy) is 2. The molecule has 2 N–H and O–H groups in total. The van der Waals surface area contributed by atoms with Crippen LogP contribution in [-0.2, 0) is 9.47 Å². The topological polar surface area (TPSA) is 44.5 Å². The first-order valence-corrected chi connectivity index (χ1v) is 7.25. The van der Waals surface area contributed by atoms with Gasteiger partial charge in [0, 0.05) is 26.9 Å². The van der Waals surface area contributed by atoms with Crippen molar-refractivity contribution in [1.29, 1.82) is 0 Å². The summed E-state index contributed by atoms with van der Waals surface area (Å²) in [4.78, 5) is 0. The minimum Gasteiger partial charge on any atom is -0.385 e. The second-order valence-electron chi connectivity index (χ2n) is 6.53. The molecule has 18 heavy (non-hydrogen) atoms. The van der Waals surface area contributed by atoms with Gasteiger partial charge in [0.15, 0.2) is 0 Å². The Kier molecular flexibility index (Phi) is 6.09. The van der Waals surface area contributed by atoms with Crippen LogP contribution in [0.25, 0.3) is 0 Å². The van der Waals surface area contributed by atoms with Crippen LogP contribution in [0.4, 0.5) is 0 Å². The highest BCUT2D eigenvalue weighted by Gasteiger charge is 2.42. The number of unbranched alkanes of at least 4 members (excludes halogenated alkanes) is 1. The Bertz CT molecular complexity index is 231. The zero-order chi connectivity index (χ0) is 13.6. The lowest BCUT2D eigenvalue weighted by Gasteiger charge is -2.46. The standard InChI is InChI=1S/C15H31NO2/c1-14(2)8-10-15(18-4,11-9-14)13(16)7-5-6-12-17-3/h13H,5-12,16H2,1-4H3. The summed E-state index contributed by atoms with van der Waals surface area (Å²) in [6, 6.07) is 0.162. The van der Waals surface area contributed by atoms with Gasteiger partial charge >= 0.3 is 0 Å². The van der Waals surface area contributed by atoms with Crippen molar-refractivity contribution in [2.45, 2.75) is 70.4 Å². The highest BCUT2D eigenvalue weighted by molar-refractivity contribution is 4.97. The molecule has 1 saturated carbocycles. The van der Waals surface area contributed by atoms with Crippen LogP contribution in [0.1, 0.15) is 58.8 Å². The van der Waals surface area contributed by atoms with Gasteiger partial charge in [-0.15, -0.1) is 0 Å². The van der Waals surface area contributed by atoms with Crippen LogP contribution < -0.4 is 5.73 Å². The predicted molar refractivity (Wildman–Crippen MR) is 75.7 cm³/mol. The van der Waals surface area contributed by atoms with E-state index in [0.29, 0.717) is 5.41 Å². The van der Waals surface area contributed by atoms with Crippen molar-refractivity contribution in [3.05, 3.63) is 0 Å². The molecule has 1 atom stereocenters. The molecule has 1 aliphatic carbocycles. The Morgan fingerprint density at radius 3 is 2.17 bits per heavy atom. The molecule has 0 aromatic heterocycles. The molecular formula is C15H31NO2. The number of nitrogens with two attached hydrogens (primary N) is 1. The molecule has 0 radical (unpaired) electrons. The van der Waals surface area contributed by atoms with E-state index in [4.69, 9.17) is 15.2 Å². The number of methoxy groups -OCH3 is 2. The highest BCUT2D eigenvalue weighted by Crippen LogP contribution is 2.43. The minimum absolute atomic E-state index is 0.0808. The Labute approximate surface area is 112 Å². The lowest BCUT2D eigenvalue weighted by atomic mass is 9.68. The summed E-state index contributed by atoms with van der Waals surface area (Å²) in [6.07, 6.45) is 7.89. The van der Waals surface area contributed by atoms with Crippen LogP contribution in [0.15, 0.2) is 0 Å². The van der Waals surface area contributed by atoms with Gasteiger partial charge in [0.1, 0.15) is 0 Å². The lowest BCUT2D eigenvalue weighted by Crippen LogP contribution is -2.52. The minimum atomic E-state index is -0.0808. The summed E-state index contributed by atoms with van der Waals surface area (Å²) < 4.78 is 10.9. The molecular weight excluding hydrogens is 226 g/mol. The van der Waals surface area contributed by atoms with E-state index in [9.17, 15) is 0 Å². The van der Waals surface area contributed by atoms with Gasteiger partial charge in [-0.25, -0.2) is 0 Å². The Balaban J connectivity index is 2.44. The molecule has 0 spiro atoms. The normalized spacial score (nSPS) is 23.8. The molecule has 3 nitrogen and oxygen atoms in total. The third-order valence-electron chi connectivity index (χ3n) is 4.65. The molecule has 0 bridgehead atoms. The molecule has 0 saturated heterocycles. The van der Waals surface area contributed by atoms with Crippen molar-refractivity contribution in [3.63, 3.8) is 0 Å². The maximum absolute atomic E-state index is 6.40. The molecule has 1 aliphatic rings. The van der Waals surface area contributed by atoms with Gasteiger partial charge in [-0.05, 0) is 50.4 Å². The molecule has 0 heterocycles. The van der Waals surface area contributed by atoms with E-state index in [1.165, 1.54) is 12.8 Å². The number of hydrogen-bond acceptors (Lipinski definition) is 3. The Morgan fingerprint density at radius 1 is 1.06 bits per heavy atom. The van der Waals surface area contributed by atoms with Crippen LogP contribution >= 0.6 is 0 Å². The molecule has 1 unspecified atom stereocenters. The third-order valence-corrected chi connectivity index (χ3v) is 4.65. The summed E-state index contributed by atoms with van der Waals surface area (Å²) in [6.45, 7) is 5.52. The average Bonchev–Trinajstić information content (AvgIpc) is 2.35. The van der Waals surface area contributed by atoms with Crippen LogP contribution in [0.3, 0.4) is 0 Å². The van der Waals surface area contributed by atoms with Gasteiger partial charge in [0.05, 0.1) is 5.60 Å². The van der Waals surface area contributed by atoms with E-state index in [1.54, 1.807) is 7.11 Å². The molecule has 0 amide bonds. The summed E-state index contributed by atoms with van der Waals surface area (Å²) in [5.74, 6) is 0. The number of hydrogen-bond donors (Lipinski definition) is 1. The van der Waals surface area contributed by atoms with Crippen molar-refractivity contribution in [2.75, 3.05) is 20.8 Å². The molecule has 3 heteroatoms. The van der Waals surface area contributed by atoms with Crippen LogP contribution in [-0.4, -0.2) is 32.5 Å². The second kappa shape index (κ2) is 6.88. The van der Waals surface area contributed by atoms with Crippen molar-refractivity contribution in [2.24, 2.45) is 11.1 Å². The van der Waals surface area contributed by atoms with Crippen LogP contribution in [0.5, 0.6) is 0 Å². The van der Waals surface area contributed by atoms with E-state index in [-0.39, 0.29) is 11.6 Å². The van der Waals surface area contributed by atoms with E-state index >= 15 is 0 Å². The van der Waals surface area contributed by atoms with Crippen molar-refractivity contribution < 1.29 is 9.47 Å². The summed E-state index contributed by atoms with van der Waals surface area (Å²) >= 11 is 0. The Hall–Kier alpha value is -0.120. The first-order valence-electron chi connectivity index (χ1n) is 7.25. The lowest BCUT2D eigenvalue weighted by molar-refractivity contribution is -0.0802. The fourth-order valence-corrected chi connectivity index (χ4v) is 2.95. The van der Waals surface area contributed by atoms with Gasteiger partial charge in [-0.1, -0.05) is 13.8 Å². The molecule has 108 valence electrons. The maximum atomic E-state index is 6.40. The quantitative estimate of drug-likeness (QED) is 0.713. The third kappa shape index (κ3) is 4.22. The van der Waals surface area contributed by atoms with E-state index in [0.717, 1.165) is 38.7 Å². The largest absolute Gasteiger partial charge is 0.385 e. The van der Waals surface area contributed by atoms with Gasteiger partial charge in [0.25, 0.3) is 0 Å². The Morgan fingerprint density at radius 2 is 1.67 bits per heavy atom. The van der Waals surface area contributed by atoms with Gasteiger partial charge < -0.3 is 15.2 Å². The van der Waals surface area contributed by atoms with E-state index in [2.05, 4.69) is 13.8 Å². The predicted octanol–water partition coefficient (Wildman–Crippen LogP) is 3.12. The monoisotopic (exact) mass is 257 g/mol. The zero-order valence-corrected chi connectivity index (χ0v) is 12.6. The SMILES string of the molecule is COCCCCC(N)C1(OC)CCC(C)(C)CC1. The summed E-state index contributed by atoms with van der Waals surface area (Å²) in [7, 11) is 3.58. The van der Waals surface area contributed by atoms with Gasteiger partial charge in [-0.3, -0.25) is 0 Å². The summed E-state index contributed by atoms with van der Waals surface area (Å²) in [5, 5.41) is 0. The smallest absolute Gasteiger partial charge is 0.0829 e. The first-order chi connectivity index (χ1) is 8.46. The molecule has 0 aromatic carbocycles. The van der Waals surface area contributed by atoms with Crippen LogP contribution in [0, 0.1) is 5.41 Å². The fraction of sp³-hybridized carbons (Fsp3) is 1.00. The van der Waals surface area contributed by atoms with Crippen molar-refractivity contribution in [1.82, 2.24) is 0 Å². The van der Waals surface area contributed by atoms with Crippen molar-refractivity contribution >= 4 is 0 Å². The van der Waals surface area contributed by atoms with Gasteiger partial charge in [-0.2, -0.15) is 0 Å². The average molecular weight is 257 g/mol. The van der Waals surface area contributed by atoms with Gasteiger partial charge in [0.2, 0.25) is 0 Å². The second-order valence-corrected chi connectivity index (χ2v) is 6.53. The first kappa shape index (κ1) is 15.9. The fourth-order valence-electron chi connectivity index (χ4n) is 2.95. The zero-order valence-electron chi connectivity index (χ0n) is 12.6. The summed E-state index contributed by atoms with van der Waals surface area (Å²) in [5.41, 5.74) is 6.77. The van der Waals surface area contributed by atoms with E-state index in [1.807, 2.05) is 7.11 Å². The highest BCUT2D eigenvalue weighted by atomic mass is 16.5. The molecule has 0 aliphatic heterocycles. The number of rotatable bonds is 7. The van der Waals surface area contributed by atoms with Crippen LogP contribution in [0.2, 0.25) is 0 Å². The van der Waals surface area contributed by atoms with E-state index < -0.39 is 0 Å². The van der Waals surface area contributed by atoms with Crippen molar-refractivity contribution in [3.8, 4) is 0 Å². The molecule has 0 aromatic rings.